The number of nitrogens with zero attached hydrogens (tertiary/aromatic N) is 2. The molecule has 9 heteroatoms. The van der Waals surface area contributed by atoms with Gasteiger partial charge in [-0.25, -0.2) is 9.79 Å². The SMILES string of the molecule is CN(C)C(=O)CC(Cc1ccc(OC(=O)c2ccc(N=C(N)N)cc2)cc1)C(=O)O. The molecular weight excluding hydrogens is 388 g/mol. The Hall–Kier alpha value is -3.88. The number of hydrogen-bond acceptors (Lipinski definition) is 5. The molecule has 158 valence electrons. The minimum absolute atomic E-state index is 0.0818. The Labute approximate surface area is 174 Å². The first kappa shape index (κ1) is 22.4. The van der Waals surface area contributed by atoms with Gasteiger partial charge in [0, 0.05) is 20.5 Å². The van der Waals surface area contributed by atoms with Crippen LogP contribution in [0.25, 0.3) is 0 Å². The number of carboxylic acid groups (broad SMARTS) is 1. The number of aliphatic carboxylic acids is 1. The van der Waals surface area contributed by atoms with E-state index in [1.807, 2.05) is 0 Å². The summed E-state index contributed by atoms with van der Waals surface area (Å²) in [6, 6.07) is 12.7. The highest BCUT2D eigenvalue weighted by Crippen LogP contribution is 2.19. The van der Waals surface area contributed by atoms with Gasteiger partial charge in [-0.3, -0.25) is 9.59 Å². The number of carboxylic acids is 1. The van der Waals surface area contributed by atoms with Gasteiger partial charge in [0.2, 0.25) is 5.91 Å². The number of esters is 1. The molecular formula is C21H24N4O5. The maximum absolute atomic E-state index is 12.3. The Bertz CT molecular complexity index is 933. The van der Waals surface area contributed by atoms with Crippen LogP contribution in [0, 0.1) is 5.92 Å². The number of amides is 1. The van der Waals surface area contributed by atoms with Crippen LogP contribution in [0.1, 0.15) is 22.3 Å². The van der Waals surface area contributed by atoms with Gasteiger partial charge >= 0.3 is 11.9 Å². The first-order valence-electron chi connectivity index (χ1n) is 9.09. The van der Waals surface area contributed by atoms with E-state index in [1.165, 1.54) is 17.0 Å². The molecule has 0 aliphatic carbocycles. The Balaban J connectivity index is 2.01. The molecule has 1 atom stereocenters. The number of hydrogen-bond donors (Lipinski definition) is 3. The van der Waals surface area contributed by atoms with Gasteiger partial charge in [-0.05, 0) is 48.4 Å². The second-order valence-corrected chi connectivity index (χ2v) is 6.85. The molecule has 0 bridgehead atoms. The number of carbonyl (C=O) groups is 3. The number of ether oxygens (including phenoxy) is 1. The monoisotopic (exact) mass is 412 g/mol. The topological polar surface area (TPSA) is 148 Å². The van der Waals surface area contributed by atoms with Gasteiger partial charge in [-0.1, -0.05) is 12.1 Å². The maximum atomic E-state index is 12.3. The van der Waals surface area contributed by atoms with Gasteiger partial charge in [0.15, 0.2) is 5.96 Å². The molecule has 0 aliphatic heterocycles. The molecule has 0 radical (unpaired) electrons. The van der Waals surface area contributed by atoms with Crippen molar-refractivity contribution < 1.29 is 24.2 Å². The number of carbonyl (C=O) groups excluding carboxylic acids is 2. The van der Waals surface area contributed by atoms with Crippen molar-refractivity contribution in [2.24, 2.45) is 22.4 Å². The lowest BCUT2D eigenvalue weighted by Gasteiger charge is -2.15. The fraction of sp³-hybridized carbons (Fsp3) is 0.238. The van der Waals surface area contributed by atoms with Crippen molar-refractivity contribution in [3.63, 3.8) is 0 Å². The van der Waals surface area contributed by atoms with E-state index in [0.717, 1.165) is 5.56 Å². The average molecular weight is 412 g/mol. The van der Waals surface area contributed by atoms with Crippen molar-refractivity contribution in [3.05, 3.63) is 59.7 Å². The van der Waals surface area contributed by atoms with Crippen molar-refractivity contribution in [1.82, 2.24) is 4.90 Å². The van der Waals surface area contributed by atoms with Crippen molar-refractivity contribution in [2.45, 2.75) is 12.8 Å². The molecule has 9 nitrogen and oxygen atoms in total. The van der Waals surface area contributed by atoms with E-state index in [0.29, 0.717) is 17.0 Å². The largest absolute Gasteiger partial charge is 0.481 e. The quantitative estimate of drug-likeness (QED) is 0.258. The molecule has 0 aromatic heterocycles. The van der Waals surface area contributed by atoms with E-state index >= 15 is 0 Å². The van der Waals surface area contributed by atoms with E-state index < -0.39 is 17.9 Å². The van der Waals surface area contributed by atoms with Crippen LogP contribution >= 0.6 is 0 Å². The highest BCUT2D eigenvalue weighted by molar-refractivity contribution is 5.91. The van der Waals surface area contributed by atoms with Gasteiger partial charge < -0.3 is 26.2 Å². The summed E-state index contributed by atoms with van der Waals surface area (Å²) >= 11 is 0. The minimum atomic E-state index is -1.04. The zero-order chi connectivity index (χ0) is 22.3. The summed E-state index contributed by atoms with van der Waals surface area (Å²) < 4.78 is 5.32. The van der Waals surface area contributed by atoms with Crippen molar-refractivity contribution >= 4 is 29.5 Å². The lowest BCUT2D eigenvalue weighted by molar-refractivity contribution is -0.145. The molecule has 1 unspecified atom stereocenters. The van der Waals surface area contributed by atoms with Crippen molar-refractivity contribution in [2.75, 3.05) is 14.1 Å². The van der Waals surface area contributed by atoms with Gasteiger partial charge in [-0.2, -0.15) is 0 Å². The third kappa shape index (κ3) is 6.62. The van der Waals surface area contributed by atoms with E-state index in [1.54, 1.807) is 50.5 Å². The summed E-state index contributed by atoms with van der Waals surface area (Å²) in [4.78, 5) is 40.8. The molecule has 0 aliphatic rings. The summed E-state index contributed by atoms with van der Waals surface area (Å²) in [5, 5.41) is 9.37. The lowest BCUT2D eigenvalue weighted by atomic mass is 9.95. The smallest absolute Gasteiger partial charge is 0.343 e. The Morgan fingerprint density at radius 1 is 1.03 bits per heavy atom. The number of guanidine groups is 1. The molecule has 0 saturated carbocycles. The average Bonchev–Trinajstić information content (AvgIpc) is 2.68. The maximum Gasteiger partial charge on any atom is 0.343 e. The fourth-order valence-corrected chi connectivity index (χ4v) is 2.61. The molecule has 2 aromatic rings. The van der Waals surface area contributed by atoms with Crippen LogP contribution in [0.5, 0.6) is 5.75 Å². The molecule has 30 heavy (non-hydrogen) atoms. The Morgan fingerprint density at radius 2 is 1.63 bits per heavy atom. The second-order valence-electron chi connectivity index (χ2n) is 6.85. The van der Waals surface area contributed by atoms with Crippen molar-refractivity contribution in [1.29, 1.82) is 0 Å². The highest BCUT2D eigenvalue weighted by Gasteiger charge is 2.22. The summed E-state index contributed by atoms with van der Waals surface area (Å²) in [6.45, 7) is 0. The zero-order valence-corrected chi connectivity index (χ0v) is 16.7. The van der Waals surface area contributed by atoms with Crippen LogP contribution in [0.3, 0.4) is 0 Å². The molecule has 0 saturated heterocycles. The molecule has 0 fully saturated rings. The van der Waals surface area contributed by atoms with E-state index in [9.17, 15) is 19.5 Å². The van der Waals surface area contributed by atoms with Gasteiger partial charge in [0.25, 0.3) is 0 Å². The Morgan fingerprint density at radius 3 is 2.13 bits per heavy atom. The van der Waals surface area contributed by atoms with E-state index in [4.69, 9.17) is 16.2 Å². The molecule has 5 N–H and O–H groups in total. The van der Waals surface area contributed by atoms with Gasteiger partial charge in [-0.15, -0.1) is 0 Å². The minimum Gasteiger partial charge on any atom is -0.481 e. The summed E-state index contributed by atoms with van der Waals surface area (Å²) in [7, 11) is 3.16. The number of rotatable bonds is 8. The van der Waals surface area contributed by atoms with Crippen LogP contribution in [-0.2, 0) is 16.0 Å². The standard InChI is InChI=1S/C21H24N4O5/c1-25(2)18(26)12-15(19(27)28)11-13-3-9-17(10-4-13)30-20(29)14-5-7-16(8-6-14)24-21(22)23/h3-10,15H,11-12H2,1-2H3,(H,27,28)(H4,22,23,24). The summed E-state index contributed by atoms with van der Waals surface area (Å²) in [6.07, 6.45) is 0.101. The van der Waals surface area contributed by atoms with Gasteiger partial charge in [0.05, 0.1) is 17.2 Å². The normalized spacial score (nSPS) is 11.3. The van der Waals surface area contributed by atoms with E-state index in [2.05, 4.69) is 4.99 Å². The lowest BCUT2D eigenvalue weighted by Crippen LogP contribution is -2.28. The predicted octanol–water partition coefficient (Wildman–Crippen LogP) is 1.53. The van der Waals surface area contributed by atoms with E-state index in [-0.39, 0.29) is 24.7 Å². The van der Waals surface area contributed by atoms with Crippen molar-refractivity contribution in [3.8, 4) is 5.75 Å². The highest BCUT2D eigenvalue weighted by atomic mass is 16.5. The van der Waals surface area contributed by atoms with Crippen LogP contribution in [0.15, 0.2) is 53.5 Å². The summed E-state index contributed by atoms with van der Waals surface area (Å²) in [5.74, 6) is -2.45. The van der Waals surface area contributed by atoms with Crippen LogP contribution in [-0.4, -0.2) is 47.9 Å². The first-order chi connectivity index (χ1) is 14.2. The first-order valence-corrected chi connectivity index (χ1v) is 9.09. The second kappa shape index (κ2) is 10.1. The fourth-order valence-electron chi connectivity index (χ4n) is 2.61. The Kier molecular flexibility index (Phi) is 7.51. The molecule has 0 spiro atoms. The molecule has 1 amide bonds. The third-order valence-electron chi connectivity index (χ3n) is 4.25. The van der Waals surface area contributed by atoms with Crippen LogP contribution < -0.4 is 16.2 Å². The number of aliphatic imine (C=N–C) groups is 1. The predicted molar refractivity (Wildman–Crippen MR) is 111 cm³/mol. The number of benzene rings is 2. The number of nitrogens with two attached hydrogens (primary N) is 2. The van der Waals surface area contributed by atoms with Gasteiger partial charge in [0.1, 0.15) is 5.75 Å². The third-order valence-corrected chi connectivity index (χ3v) is 4.25. The molecule has 2 aromatic carbocycles. The molecule has 0 heterocycles. The zero-order valence-electron chi connectivity index (χ0n) is 16.7. The molecule has 2 rings (SSSR count). The van der Waals surface area contributed by atoms with Crippen LogP contribution in [0.2, 0.25) is 0 Å². The van der Waals surface area contributed by atoms with Crippen LogP contribution in [0.4, 0.5) is 5.69 Å². The summed E-state index contributed by atoms with van der Waals surface area (Å²) in [5.41, 5.74) is 12.2.